The van der Waals surface area contributed by atoms with Crippen molar-refractivity contribution in [3.05, 3.63) is 64.0 Å². The second-order valence-corrected chi connectivity index (χ2v) is 4.26. The Morgan fingerprint density at radius 3 is 2.72 bits per heavy atom. The maximum Gasteiger partial charge on any atom is 0.135 e. The van der Waals surface area contributed by atoms with Gasteiger partial charge in [-0.3, -0.25) is 0 Å². The quantitative estimate of drug-likeness (QED) is 0.695. The molecule has 0 fully saturated rings. The highest BCUT2D eigenvalue weighted by molar-refractivity contribution is 5.82. The Morgan fingerprint density at radius 1 is 1.06 bits per heavy atom. The molecule has 1 aliphatic heterocycles. The van der Waals surface area contributed by atoms with E-state index in [9.17, 15) is 5.26 Å². The highest BCUT2D eigenvalue weighted by Crippen LogP contribution is 2.28. The molecule has 2 aromatic rings. The van der Waals surface area contributed by atoms with Gasteiger partial charge in [0.2, 0.25) is 0 Å². The van der Waals surface area contributed by atoms with E-state index in [0.717, 1.165) is 27.3 Å². The first kappa shape index (κ1) is 10.6. The Morgan fingerprint density at radius 2 is 1.89 bits per heavy atom. The smallest absolute Gasteiger partial charge is 0.135 e. The Bertz CT molecular complexity index is 781. The maximum absolute atomic E-state index is 9.48. The van der Waals surface area contributed by atoms with Gasteiger partial charge >= 0.3 is 0 Å². The molecule has 2 aromatic carbocycles. The van der Waals surface area contributed by atoms with Crippen molar-refractivity contribution in [3.63, 3.8) is 0 Å². The molecule has 0 atom stereocenters. The van der Waals surface area contributed by atoms with Crippen molar-refractivity contribution >= 4 is 11.8 Å². The van der Waals surface area contributed by atoms with Gasteiger partial charge in [0.05, 0.1) is 11.8 Å². The molecule has 0 radical (unpaired) electrons. The second kappa shape index (κ2) is 4.05. The molecule has 0 unspecified atom stereocenters. The second-order valence-electron chi connectivity index (χ2n) is 4.26. The molecule has 0 N–H and O–H groups in total. The number of ether oxygens (including phenoxy) is 1. The zero-order chi connectivity index (χ0) is 12.5. The lowest BCUT2D eigenvalue weighted by atomic mass is 9.98. The molecule has 1 aliphatic rings. The van der Waals surface area contributed by atoms with Crippen LogP contribution in [0.2, 0.25) is 0 Å². The van der Waals surface area contributed by atoms with E-state index < -0.39 is 0 Å². The number of nitriles is 1. The summed E-state index contributed by atoms with van der Waals surface area (Å²) in [5.41, 5.74) is 2.61. The fourth-order valence-electron chi connectivity index (χ4n) is 2.26. The van der Waals surface area contributed by atoms with Gasteiger partial charge in [0, 0.05) is 16.0 Å². The summed E-state index contributed by atoms with van der Waals surface area (Å²) in [6.07, 6.45) is 1.71. The molecule has 2 nitrogen and oxygen atoms in total. The van der Waals surface area contributed by atoms with Gasteiger partial charge in [0.15, 0.2) is 0 Å². The Labute approximate surface area is 105 Å². The summed E-state index contributed by atoms with van der Waals surface area (Å²) in [5.74, 6) is 0.739. The lowest BCUT2D eigenvalue weighted by Crippen LogP contribution is -2.26. The minimum absolute atomic E-state index is 0.674. The molecule has 0 spiro atoms. The normalized spacial score (nSPS) is 12.3. The summed E-state index contributed by atoms with van der Waals surface area (Å²) in [7, 11) is 0. The van der Waals surface area contributed by atoms with Crippen LogP contribution in [0, 0.1) is 18.3 Å². The number of hydrogen-bond donors (Lipinski definition) is 0. The molecule has 0 saturated heterocycles. The number of fused-ring (bicyclic) bond motifs is 2. The van der Waals surface area contributed by atoms with E-state index in [1.807, 2.05) is 49.4 Å². The monoisotopic (exact) mass is 233 g/mol. The van der Waals surface area contributed by atoms with Crippen LogP contribution in [0.25, 0.3) is 11.8 Å². The van der Waals surface area contributed by atoms with Crippen molar-refractivity contribution in [1.82, 2.24) is 0 Å². The zero-order valence-corrected chi connectivity index (χ0v) is 9.97. The molecule has 1 heterocycles. The molecule has 0 bridgehead atoms. The van der Waals surface area contributed by atoms with E-state index in [1.165, 1.54) is 0 Å². The first-order valence-corrected chi connectivity index (χ1v) is 5.77. The average Bonchev–Trinajstić information content (AvgIpc) is 2.56. The Kier molecular flexibility index (Phi) is 2.39. The highest BCUT2D eigenvalue weighted by atomic mass is 16.5. The molecule has 18 heavy (non-hydrogen) atoms. The molecule has 3 rings (SSSR count). The summed E-state index contributed by atoms with van der Waals surface area (Å²) in [4.78, 5) is 0. The van der Waals surface area contributed by atoms with Crippen LogP contribution in [-0.2, 0) is 0 Å². The van der Waals surface area contributed by atoms with Gasteiger partial charge in [-0.15, -0.1) is 0 Å². The number of nitrogens with zero attached hydrogens (tertiary/aromatic N) is 1. The Balaban J connectivity index is 2.53. The van der Waals surface area contributed by atoms with Crippen molar-refractivity contribution in [2.24, 2.45) is 0 Å². The minimum atomic E-state index is 0.674. The third-order valence-corrected chi connectivity index (χ3v) is 3.14. The summed E-state index contributed by atoms with van der Waals surface area (Å²) in [5, 5.41) is 11.3. The fourth-order valence-corrected chi connectivity index (χ4v) is 2.26. The predicted molar refractivity (Wildman–Crippen MR) is 70.1 cm³/mol. The predicted octanol–water partition coefficient (Wildman–Crippen LogP) is 1.85. The van der Waals surface area contributed by atoms with Crippen LogP contribution in [0.3, 0.4) is 0 Å². The molecular formula is C16H11NO. The van der Waals surface area contributed by atoms with Gasteiger partial charge in [-0.1, -0.05) is 36.4 Å². The first-order chi connectivity index (χ1) is 8.81. The third kappa shape index (κ3) is 1.49. The minimum Gasteiger partial charge on any atom is -0.464 e. The van der Waals surface area contributed by atoms with E-state index in [2.05, 4.69) is 6.07 Å². The van der Waals surface area contributed by atoms with Crippen LogP contribution in [0.4, 0.5) is 0 Å². The molecule has 0 saturated carbocycles. The number of benzene rings is 2. The van der Waals surface area contributed by atoms with Crippen molar-refractivity contribution in [2.45, 2.75) is 6.92 Å². The van der Waals surface area contributed by atoms with E-state index in [4.69, 9.17) is 4.74 Å². The number of rotatable bonds is 0. The summed E-state index contributed by atoms with van der Waals surface area (Å²) in [6, 6.07) is 15.9. The topological polar surface area (TPSA) is 33.0 Å². The summed E-state index contributed by atoms with van der Waals surface area (Å²) in [6.45, 7) is 1.99. The lowest BCUT2D eigenvalue weighted by molar-refractivity contribution is 0.539. The molecule has 2 heteroatoms. The zero-order valence-electron chi connectivity index (χ0n) is 9.97. The standard InChI is InChI=1S/C16H11NO/c1-11-5-4-8-15-16(11)14(9-17)13-7-3-2-6-12(13)10-18-15/h2-8,10H,1H3. The van der Waals surface area contributed by atoms with Crippen LogP contribution in [-0.4, -0.2) is 0 Å². The van der Waals surface area contributed by atoms with Gasteiger partial charge in [-0.25, -0.2) is 0 Å². The average molecular weight is 233 g/mol. The third-order valence-electron chi connectivity index (χ3n) is 3.14. The molecular weight excluding hydrogens is 222 g/mol. The van der Waals surface area contributed by atoms with Crippen LogP contribution >= 0.6 is 0 Å². The van der Waals surface area contributed by atoms with Crippen LogP contribution in [0.5, 0.6) is 5.75 Å². The summed E-state index contributed by atoms with van der Waals surface area (Å²) < 4.78 is 5.69. The van der Waals surface area contributed by atoms with E-state index in [-0.39, 0.29) is 0 Å². The van der Waals surface area contributed by atoms with Crippen LogP contribution in [0.1, 0.15) is 11.1 Å². The van der Waals surface area contributed by atoms with Gasteiger partial charge in [0.25, 0.3) is 0 Å². The van der Waals surface area contributed by atoms with E-state index in [0.29, 0.717) is 5.57 Å². The highest BCUT2D eigenvalue weighted by Gasteiger charge is 2.14. The molecule has 0 amide bonds. The maximum atomic E-state index is 9.48. The largest absolute Gasteiger partial charge is 0.464 e. The van der Waals surface area contributed by atoms with Crippen LogP contribution in [0.15, 0.2) is 42.5 Å². The Hall–Kier alpha value is -2.53. The van der Waals surface area contributed by atoms with Crippen molar-refractivity contribution in [2.75, 3.05) is 0 Å². The molecule has 86 valence electrons. The first-order valence-electron chi connectivity index (χ1n) is 5.77. The summed E-state index contributed by atoms with van der Waals surface area (Å²) >= 11 is 0. The van der Waals surface area contributed by atoms with E-state index >= 15 is 0 Å². The number of hydrogen-bond acceptors (Lipinski definition) is 2. The van der Waals surface area contributed by atoms with Crippen molar-refractivity contribution < 1.29 is 4.74 Å². The van der Waals surface area contributed by atoms with E-state index in [1.54, 1.807) is 6.26 Å². The van der Waals surface area contributed by atoms with Gasteiger partial charge in [0.1, 0.15) is 11.8 Å². The SMILES string of the molecule is Cc1cccc2c1C(C#N)=c1ccccc1=CO2. The molecule has 0 aliphatic carbocycles. The van der Waals surface area contributed by atoms with Crippen molar-refractivity contribution in [1.29, 1.82) is 5.26 Å². The number of aryl methyl sites for hydroxylation is 1. The lowest BCUT2D eigenvalue weighted by Gasteiger charge is -2.08. The van der Waals surface area contributed by atoms with Crippen molar-refractivity contribution in [3.8, 4) is 11.8 Å². The van der Waals surface area contributed by atoms with Gasteiger partial charge in [-0.2, -0.15) is 5.26 Å². The van der Waals surface area contributed by atoms with Crippen LogP contribution < -0.4 is 15.2 Å². The molecule has 0 aromatic heterocycles. The fraction of sp³-hybridized carbons (Fsp3) is 0.0625. The van der Waals surface area contributed by atoms with Gasteiger partial charge < -0.3 is 4.74 Å². The van der Waals surface area contributed by atoms with Gasteiger partial charge in [-0.05, 0) is 18.6 Å².